The van der Waals surface area contributed by atoms with E-state index in [-0.39, 0.29) is 6.42 Å². The molecule has 6 nitrogen and oxygen atoms in total. The van der Waals surface area contributed by atoms with Crippen LogP contribution in [0.5, 0.6) is 23.0 Å². The maximum Gasteiger partial charge on any atom is 0.307 e. The van der Waals surface area contributed by atoms with E-state index in [4.69, 9.17) is 24.1 Å². The van der Waals surface area contributed by atoms with Crippen molar-refractivity contribution in [1.82, 2.24) is 0 Å². The second-order valence-electron chi connectivity index (χ2n) is 6.96. The van der Waals surface area contributed by atoms with Gasteiger partial charge in [-0.25, -0.2) is 0 Å². The van der Waals surface area contributed by atoms with E-state index < -0.39 is 5.97 Å². The highest BCUT2D eigenvalue weighted by Crippen LogP contribution is 2.24. The smallest absolute Gasteiger partial charge is 0.307 e. The van der Waals surface area contributed by atoms with Crippen LogP contribution in [-0.4, -0.2) is 38.5 Å². The Bertz CT molecular complexity index is 1040. The molecule has 6 heteroatoms. The van der Waals surface area contributed by atoms with Crippen molar-refractivity contribution < 1.29 is 28.8 Å². The Balaban J connectivity index is 1.55. The fourth-order valence-corrected chi connectivity index (χ4v) is 3.00. The van der Waals surface area contributed by atoms with E-state index in [1.165, 1.54) is 0 Å². The monoisotopic (exact) mass is 434 g/mol. The summed E-state index contributed by atoms with van der Waals surface area (Å²) in [6, 6.07) is 20.5. The Kier molecular flexibility index (Phi) is 8.15. The molecule has 0 unspecified atom stereocenters. The average Bonchev–Trinajstić information content (AvgIpc) is 2.81. The van der Waals surface area contributed by atoms with Gasteiger partial charge in [-0.2, -0.15) is 0 Å². The van der Waals surface area contributed by atoms with Gasteiger partial charge < -0.3 is 24.1 Å². The van der Waals surface area contributed by atoms with Crippen LogP contribution < -0.4 is 18.9 Å². The minimum absolute atomic E-state index is 0.00548. The first kappa shape index (κ1) is 22.7. The summed E-state index contributed by atoms with van der Waals surface area (Å²) in [5.41, 5.74) is 2.73. The number of carbonyl (C=O) groups is 1. The van der Waals surface area contributed by atoms with Crippen LogP contribution >= 0.6 is 0 Å². The second kappa shape index (κ2) is 11.5. The van der Waals surface area contributed by atoms with E-state index in [1.807, 2.05) is 54.6 Å². The van der Waals surface area contributed by atoms with Crippen molar-refractivity contribution in [3.63, 3.8) is 0 Å². The first-order chi connectivity index (χ1) is 15.6. The van der Waals surface area contributed by atoms with Crippen LogP contribution in [0.1, 0.15) is 16.7 Å². The van der Waals surface area contributed by atoms with Gasteiger partial charge >= 0.3 is 5.97 Å². The number of ether oxygens (including phenoxy) is 4. The van der Waals surface area contributed by atoms with Crippen LogP contribution in [0.15, 0.2) is 66.7 Å². The molecule has 32 heavy (non-hydrogen) atoms. The zero-order valence-electron chi connectivity index (χ0n) is 18.1. The van der Waals surface area contributed by atoms with Crippen LogP contribution in [0.3, 0.4) is 0 Å². The fourth-order valence-electron chi connectivity index (χ4n) is 3.00. The van der Waals surface area contributed by atoms with E-state index in [2.05, 4.69) is 0 Å². The van der Waals surface area contributed by atoms with E-state index in [0.717, 1.165) is 22.4 Å². The lowest BCUT2D eigenvalue weighted by atomic mass is 10.1. The Morgan fingerprint density at radius 2 is 1.28 bits per heavy atom. The van der Waals surface area contributed by atoms with Gasteiger partial charge in [0.2, 0.25) is 0 Å². The molecule has 0 saturated carbocycles. The second-order valence-corrected chi connectivity index (χ2v) is 6.96. The molecule has 3 aromatic rings. The highest BCUT2D eigenvalue weighted by molar-refractivity contribution is 5.71. The van der Waals surface area contributed by atoms with Gasteiger partial charge in [0.1, 0.15) is 36.2 Å². The molecule has 0 spiro atoms. The van der Waals surface area contributed by atoms with Crippen molar-refractivity contribution in [1.29, 1.82) is 0 Å². The molecule has 1 N–H and O–H groups in total. The van der Waals surface area contributed by atoms with Crippen molar-refractivity contribution in [3.8, 4) is 23.0 Å². The molecule has 3 aromatic carbocycles. The largest absolute Gasteiger partial charge is 0.497 e. The summed E-state index contributed by atoms with van der Waals surface area (Å²) in [6.45, 7) is 0.707. The van der Waals surface area contributed by atoms with E-state index >= 15 is 0 Å². The predicted octanol–water partition coefficient (Wildman–Crippen LogP) is 4.96. The molecule has 0 atom stereocenters. The standard InChI is InChI=1S/C26H26O6/c1-29-22-9-5-19(6-10-22)3-4-21-15-24(30-2)18-25(16-21)32-14-13-31-23-11-7-20(8-12-23)17-26(27)28/h3-12,15-16,18H,13-14,17H2,1-2H3,(H,27,28)/b4-3+. The first-order valence-electron chi connectivity index (χ1n) is 10.1. The summed E-state index contributed by atoms with van der Waals surface area (Å²) in [5.74, 6) is 2.00. The zero-order valence-corrected chi connectivity index (χ0v) is 18.1. The third-order valence-corrected chi connectivity index (χ3v) is 4.62. The number of carboxylic acid groups (broad SMARTS) is 1. The lowest BCUT2D eigenvalue weighted by Gasteiger charge is -2.11. The van der Waals surface area contributed by atoms with Gasteiger partial charge in [-0.1, -0.05) is 36.4 Å². The minimum Gasteiger partial charge on any atom is -0.497 e. The van der Waals surface area contributed by atoms with Crippen molar-refractivity contribution in [2.24, 2.45) is 0 Å². The van der Waals surface area contributed by atoms with Gasteiger partial charge in [0, 0.05) is 6.07 Å². The lowest BCUT2D eigenvalue weighted by Crippen LogP contribution is -2.09. The molecule has 0 amide bonds. The van der Waals surface area contributed by atoms with Crippen molar-refractivity contribution >= 4 is 18.1 Å². The molecule has 0 heterocycles. The lowest BCUT2D eigenvalue weighted by molar-refractivity contribution is -0.136. The Morgan fingerprint density at radius 1 is 0.719 bits per heavy atom. The quantitative estimate of drug-likeness (QED) is 0.340. The van der Waals surface area contributed by atoms with E-state index in [0.29, 0.717) is 30.5 Å². The Labute approximate surface area is 187 Å². The number of hydrogen-bond acceptors (Lipinski definition) is 5. The molecule has 0 aliphatic heterocycles. The maximum atomic E-state index is 10.7. The van der Waals surface area contributed by atoms with Gasteiger partial charge in [-0.3, -0.25) is 4.79 Å². The number of benzene rings is 3. The van der Waals surface area contributed by atoms with E-state index in [9.17, 15) is 4.79 Å². The zero-order chi connectivity index (χ0) is 22.8. The van der Waals surface area contributed by atoms with Crippen LogP contribution in [0, 0.1) is 0 Å². The number of carboxylic acids is 1. The molecule has 0 saturated heterocycles. The molecule has 3 rings (SSSR count). The fraction of sp³-hybridized carbons (Fsp3) is 0.192. The highest BCUT2D eigenvalue weighted by atomic mass is 16.5. The van der Waals surface area contributed by atoms with Gasteiger partial charge in [0.05, 0.1) is 20.6 Å². The SMILES string of the molecule is COc1ccc(/C=C/c2cc(OC)cc(OCCOc3ccc(CC(=O)O)cc3)c2)cc1. The number of hydrogen-bond donors (Lipinski definition) is 1. The third kappa shape index (κ3) is 7.09. The van der Waals surface area contributed by atoms with Crippen LogP contribution in [0.4, 0.5) is 0 Å². The molecule has 0 bridgehead atoms. The van der Waals surface area contributed by atoms with Gasteiger partial charge in [-0.15, -0.1) is 0 Å². The van der Waals surface area contributed by atoms with Crippen LogP contribution in [0.2, 0.25) is 0 Å². The predicted molar refractivity (Wildman–Crippen MR) is 124 cm³/mol. The van der Waals surface area contributed by atoms with Crippen molar-refractivity contribution in [3.05, 3.63) is 83.4 Å². The molecule has 0 aromatic heterocycles. The summed E-state index contributed by atoms with van der Waals surface area (Å²) in [7, 11) is 3.26. The van der Waals surface area contributed by atoms with Crippen molar-refractivity contribution in [2.75, 3.05) is 27.4 Å². The third-order valence-electron chi connectivity index (χ3n) is 4.62. The van der Waals surface area contributed by atoms with Crippen LogP contribution in [0.25, 0.3) is 12.2 Å². The minimum atomic E-state index is -0.858. The van der Waals surface area contributed by atoms with Gasteiger partial charge in [0.25, 0.3) is 0 Å². The molecule has 0 aliphatic carbocycles. The molecular weight excluding hydrogens is 408 g/mol. The highest BCUT2D eigenvalue weighted by Gasteiger charge is 2.03. The normalized spacial score (nSPS) is 10.7. The summed E-state index contributed by atoms with van der Waals surface area (Å²) in [4.78, 5) is 10.7. The van der Waals surface area contributed by atoms with Gasteiger partial charge in [0.15, 0.2) is 0 Å². The number of rotatable bonds is 11. The maximum absolute atomic E-state index is 10.7. The topological polar surface area (TPSA) is 74.2 Å². The average molecular weight is 434 g/mol. The van der Waals surface area contributed by atoms with E-state index in [1.54, 1.807) is 38.5 Å². The molecule has 0 fully saturated rings. The van der Waals surface area contributed by atoms with Crippen molar-refractivity contribution in [2.45, 2.75) is 6.42 Å². The first-order valence-corrected chi connectivity index (χ1v) is 10.1. The number of methoxy groups -OCH3 is 2. The molecular formula is C26H26O6. The molecule has 0 aliphatic rings. The number of aliphatic carboxylic acids is 1. The molecule has 166 valence electrons. The summed E-state index contributed by atoms with van der Waals surface area (Å²) in [5, 5.41) is 8.82. The molecule has 0 radical (unpaired) electrons. The Hall–Kier alpha value is -3.93. The summed E-state index contributed by atoms with van der Waals surface area (Å²) >= 11 is 0. The van der Waals surface area contributed by atoms with Gasteiger partial charge in [-0.05, 0) is 53.1 Å². The Morgan fingerprint density at radius 3 is 1.91 bits per heavy atom. The van der Waals surface area contributed by atoms with Crippen LogP contribution in [-0.2, 0) is 11.2 Å². The summed E-state index contributed by atoms with van der Waals surface area (Å²) < 4.78 is 22.1. The summed E-state index contributed by atoms with van der Waals surface area (Å²) in [6.07, 6.45) is 4.00.